The molecule has 6 nitrogen and oxygen atoms in total. The average Bonchev–Trinajstić information content (AvgIpc) is 2.45. The van der Waals surface area contributed by atoms with Crippen molar-refractivity contribution in [1.82, 2.24) is 0 Å². The van der Waals surface area contributed by atoms with Crippen molar-refractivity contribution >= 4 is 25.2 Å². The Morgan fingerprint density at radius 2 is 1.90 bits per heavy atom. The largest absolute Gasteiger partial charge is 0.480 e. The summed E-state index contributed by atoms with van der Waals surface area (Å²) in [4.78, 5) is 11.5. The molecular formula is C12H14ClO6P. The van der Waals surface area contributed by atoms with Gasteiger partial charge in [0, 0.05) is 14.2 Å². The summed E-state index contributed by atoms with van der Waals surface area (Å²) in [5.41, 5.74) is -0.407. The number of carbonyl (C=O) groups is 1. The van der Waals surface area contributed by atoms with E-state index in [1.807, 2.05) is 0 Å². The molecule has 1 aromatic rings. The Balaban J connectivity index is 2.55. The molecule has 0 spiro atoms. The maximum atomic E-state index is 11.8. The van der Waals surface area contributed by atoms with E-state index in [-0.39, 0.29) is 0 Å². The third-order valence-electron chi connectivity index (χ3n) is 2.20. The highest BCUT2D eigenvalue weighted by Gasteiger charge is 2.29. The maximum absolute atomic E-state index is 11.8. The van der Waals surface area contributed by atoms with Gasteiger partial charge in [-0.05, 0) is 18.7 Å². The van der Waals surface area contributed by atoms with Gasteiger partial charge in [-0.15, -0.1) is 0 Å². The molecule has 0 bridgehead atoms. The van der Waals surface area contributed by atoms with Gasteiger partial charge in [0.25, 0.3) is 0 Å². The molecule has 0 amide bonds. The molecule has 0 unspecified atom stereocenters. The van der Waals surface area contributed by atoms with Gasteiger partial charge in [-0.2, -0.15) is 0 Å². The Morgan fingerprint density at radius 1 is 1.30 bits per heavy atom. The third kappa shape index (κ3) is 4.35. The van der Waals surface area contributed by atoms with Gasteiger partial charge in [0.2, 0.25) is 5.50 Å². The molecule has 8 heteroatoms. The van der Waals surface area contributed by atoms with Crippen molar-refractivity contribution < 1.29 is 27.9 Å². The standard InChI is InChI=1S/C12H14ClO6P/c1-9(20(15,16-2)17-3)19-12(14)8-18-11-7-5-4-6-10(11)13/h4-7H,1,8H2,2-3H3. The predicted molar refractivity (Wildman–Crippen MR) is 73.8 cm³/mol. The van der Waals surface area contributed by atoms with E-state index in [0.29, 0.717) is 10.8 Å². The summed E-state index contributed by atoms with van der Waals surface area (Å²) in [5.74, 6) is -0.470. The Hall–Kier alpha value is -1.33. The number of hydrogen-bond donors (Lipinski definition) is 0. The lowest BCUT2D eigenvalue weighted by Gasteiger charge is -2.15. The SMILES string of the molecule is C=C(OC(=O)COc1ccccc1Cl)P(=O)(OC)OC. The van der Waals surface area contributed by atoms with E-state index < -0.39 is 25.7 Å². The van der Waals surface area contributed by atoms with Crippen molar-refractivity contribution in [1.29, 1.82) is 0 Å². The minimum atomic E-state index is -3.65. The highest BCUT2D eigenvalue weighted by Crippen LogP contribution is 2.54. The number of esters is 1. The number of hydrogen-bond acceptors (Lipinski definition) is 6. The van der Waals surface area contributed by atoms with E-state index in [1.165, 1.54) is 0 Å². The van der Waals surface area contributed by atoms with Gasteiger partial charge in [0.15, 0.2) is 6.61 Å². The molecule has 1 aromatic carbocycles. The summed E-state index contributed by atoms with van der Waals surface area (Å²) in [5, 5.41) is 0.360. The maximum Gasteiger partial charge on any atom is 0.395 e. The number of ether oxygens (including phenoxy) is 2. The quantitative estimate of drug-likeness (QED) is 0.436. The zero-order valence-electron chi connectivity index (χ0n) is 11.0. The van der Waals surface area contributed by atoms with Crippen LogP contribution in [0.15, 0.2) is 36.3 Å². The topological polar surface area (TPSA) is 71.1 Å². The van der Waals surface area contributed by atoms with Crippen LogP contribution in [0, 0.1) is 0 Å². The summed E-state index contributed by atoms with van der Waals surface area (Å²) in [7, 11) is -1.34. The van der Waals surface area contributed by atoms with Crippen LogP contribution >= 0.6 is 19.2 Å². The first kappa shape index (κ1) is 16.7. The van der Waals surface area contributed by atoms with E-state index in [2.05, 4.69) is 15.6 Å². The molecule has 0 aromatic heterocycles. The second-order valence-electron chi connectivity index (χ2n) is 3.45. The second kappa shape index (κ2) is 7.45. The Bertz CT molecular complexity index is 537. The molecule has 0 aliphatic rings. The van der Waals surface area contributed by atoms with E-state index in [9.17, 15) is 9.36 Å². The van der Waals surface area contributed by atoms with Crippen molar-refractivity contribution in [2.24, 2.45) is 0 Å². The Kier molecular flexibility index (Phi) is 6.23. The second-order valence-corrected chi connectivity index (χ2v) is 6.08. The average molecular weight is 321 g/mol. The van der Waals surface area contributed by atoms with Gasteiger partial charge in [-0.25, -0.2) is 4.79 Å². The highest BCUT2D eigenvalue weighted by atomic mass is 35.5. The molecule has 0 radical (unpaired) electrons. The monoisotopic (exact) mass is 320 g/mol. The number of halogens is 1. The summed E-state index contributed by atoms with van der Waals surface area (Å²) in [6.45, 7) is 2.92. The molecule has 0 saturated carbocycles. The molecule has 1 rings (SSSR count). The van der Waals surface area contributed by atoms with E-state index in [1.54, 1.807) is 24.3 Å². The van der Waals surface area contributed by atoms with Crippen molar-refractivity contribution in [3.05, 3.63) is 41.4 Å². The summed E-state index contributed by atoms with van der Waals surface area (Å²) in [6.07, 6.45) is 0. The van der Waals surface area contributed by atoms with Crippen LogP contribution in [0.5, 0.6) is 5.75 Å². The van der Waals surface area contributed by atoms with Crippen molar-refractivity contribution in [3.63, 3.8) is 0 Å². The molecule has 110 valence electrons. The molecular weight excluding hydrogens is 307 g/mol. The minimum absolute atomic E-state index is 0.332. The fourth-order valence-electron chi connectivity index (χ4n) is 1.19. The van der Waals surface area contributed by atoms with Crippen LogP contribution in [0.25, 0.3) is 0 Å². The lowest BCUT2D eigenvalue weighted by atomic mass is 10.3. The first-order chi connectivity index (χ1) is 9.42. The molecule has 0 saturated heterocycles. The van der Waals surface area contributed by atoms with Gasteiger partial charge in [0.05, 0.1) is 5.02 Å². The van der Waals surface area contributed by atoms with Gasteiger partial charge < -0.3 is 18.5 Å². The van der Waals surface area contributed by atoms with Crippen LogP contribution in [0.1, 0.15) is 0 Å². The summed E-state index contributed by atoms with van der Waals surface area (Å²) in [6, 6.07) is 6.64. The molecule has 0 aliphatic carbocycles. The van der Waals surface area contributed by atoms with E-state index >= 15 is 0 Å². The smallest absolute Gasteiger partial charge is 0.395 e. The third-order valence-corrected chi connectivity index (χ3v) is 4.18. The van der Waals surface area contributed by atoms with Crippen LogP contribution in [0.4, 0.5) is 0 Å². The van der Waals surface area contributed by atoms with Crippen LogP contribution in [-0.4, -0.2) is 26.8 Å². The fourth-order valence-corrected chi connectivity index (χ4v) is 2.15. The Labute approximate surface area is 121 Å². The van der Waals surface area contributed by atoms with Gasteiger partial charge >= 0.3 is 13.6 Å². The van der Waals surface area contributed by atoms with Gasteiger partial charge in [-0.1, -0.05) is 23.7 Å². The van der Waals surface area contributed by atoms with Gasteiger partial charge in [0.1, 0.15) is 5.75 Å². The van der Waals surface area contributed by atoms with Gasteiger partial charge in [-0.3, -0.25) is 4.57 Å². The first-order valence-corrected chi connectivity index (χ1v) is 7.34. The van der Waals surface area contributed by atoms with E-state index in [0.717, 1.165) is 14.2 Å². The predicted octanol–water partition coefficient (Wildman–Crippen LogP) is 3.22. The number of para-hydroxylation sites is 1. The Morgan fingerprint density at radius 3 is 2.45 bits per heavy atom. The zero-order chi connectivity index (χ0) is 15.2. The van der Waals surface area contributed by atoms with Crippen molar-refractivity contribution in [2.45, 2.75) is 0 Å². The summed E-state index contributed by atoms with van der Waals surface area (Å²) < 4.78 is 31.0. The molecule has 0 aliphatic heterocycles. The molecule has 0 atom stereocenters. The van der Waals surface area contributed by atoms with Crippen LogP contribution in [0.3, 0.4) is 0 Å². The molecule has 20 heavy (non-hydrogen) atoms. The van der Waals surface area contributed by atoms with Crippen LogP contribution in [0.2, 0.25) is 5.02 Å². The van der Waals surface area contributed by atoms with Crippen molar-refractivity contribution in [2.75, 3.05) is 20.8 Å². The van der Waals surface area contributed by atoms with Crippen molar-refractivity contribution in [3.8, 4) is 5.75 Å². The molecule has 0 heterocycles. The molecule has 0 N–H and O–H groups in total. The number of benzene rings is 1. The lowest BCUT2D eigenvalue weighted by Crippen LogP contribution is -2.15. The zero-order valence-corrected chi connectivity index (χ0v) is 12.6. The van der Waals surface area contributed by atoms with Crippen LogP contribution < -0.4 is 4.74 Å². The number of carbonyl (C=O) groups excluding carboxylic acids is 1. The fraction of sp³-hybridized carbons (Fsp3) is 0.250. The number of rotatable bonds is 7. The minimum Gasteiger partial charge on any atom is -0.480 e. The van der Waals surface area contributed by atoms with Crippen LogP contribution in [-0.2, 0) is 23.1 Å². The van der Waals surface area contributed by atoms with E-state index in [4.69, 9.17) is 21.1 Å². The summed E-state index contributed by atoms with van der Waals surface area (Å²) >= 11 is 5.85. The first-order valence-electron chi connectivity index (χ1n) is 5.42. The molecule has 0 fully saturated rings. The lowest BCUT2D eigenvalue weighted by molar-refractivity contribution is -0.141. The normalized spacial score (nSPS) is 10.9. The highest BCUT2D eigenvalue weighted by molar-refractivity contribution is 7.58.